The normalized spacial score (nSPS) is 18.6. The molecule has 1 fully saturated rings. The fourth-order valence-corrected chi connectivity index (χ4v) is 3.15. The molecule has 18 heavy (non-hydrogen) atoms. The number of nitrogens with two attached hydrogens (primary N) is 1. The third-order valence-corrected chi connectivity index (χ3v) is 4.32. The average Bonchev–Trinajstić information content (AvgIpc) is 2.89. The van der Waals surface area contributed by atoms with Gasteiger partial charge in [-0.05, 0) is 36.0 Å². The number of hydrogen-bond acceptors (Lipinski definition) is 4. The Morgan fingerprint density at radius 3 is 3.00 bits per heavy atom. The molecule has 3 N–H and O–H groups in total. The molecule has 0 bridgehead atoms. The standard InChI is InChI=1S/C12H15N3OS2/c13-11(17)9-1-2-10(14-6-9)12(16)15-5-8-3-4-18-7-8/h1-2,6,8H,3-5,7H2,(H2,13,17)(H,15,16). The Kier molecular flexibility index (Phi) is 4.54. The quantitative estimate of drug-likeness (QED) is 0.812. The third kappa shape index (κ3) is 3.43. The van der Waals surface area contributed by atoms with Crippen LogP contribution < -0.4 is 11.1 Å². The average molecular weight is 281 g/mol. The molecule has 0 radical (unpaired) electrons. The number of nitrogens with one attached hydrogen (secondary N) is 1. The van der Waals surface area contributed by atoms with Crippen LogP contribution in [0.5, 0.6) is 0 Å². The number of thioether (sulfide) groups is 1. The predicted octanol–water partition coefficient (Wildman–Crippen LogP) is 1.20. The highest BCUT2D eigenvalue weighted by atomic mass is 32.2. The summed E-state index contributed by atoms with van der Waals surface area (Å²) in [6, 6.07) is 3.36. The Morgan fingerprint density at radius 2 is 2.44 bits per heavy atom. The smallest absolute Gasteiger partial charge is 0.269 e. The Bertz CT molecular complexity index is 441. The SMILES string of the molecule is NC(=S)c1ccc(C(=O)NCC2CCSC2)nc1. The Labute approximate surface area is 116 Å². The van der Waals surface area contributed by atoms with Crippen LogP contribution in [0.2, 0.25) is 0 Å². The van der Waals surface area contributed by atoms with Crippen LogP contribution in [0.15, 0.2) is 18.3 Å². The van der Waals surface area contributed by atoms with Gasteiger partial charge in [-0.1, -0.05) is 12.2 Å². The van der Waals surface area contributed by atoms with Crippen molar-refractivity contribution < 1.29 is 4.79 Å². The first-order valence-corrected chi connectivity index (χ1v) is 7.35. The summed E-state index contributed by atoms with van der Waals surface area (Å²) in [6.07, 6.45) is 2.71. The van der Waals surface area contributed by atoms with E-state index in [4.69, 9.17) is 18.0 Å². The van der Waals surface area contributed by atoms with Gasteiger partial charge in [0.05, 0.1) is 0 Å². The van der Waals surface area contributed by atoms with Crippen molar-refractivity contribution in [2.75, 3.05) is 18.1 Å². The number of carbonyl (C=O) groups excluding carboxylic acids is 1. The fourth-order valence-electron chi connectivity index (χ4n) is 1.75. The van der Waals surface area contributed by atoms with Crippen LogP contribution >= 0.6 is 24.0 Å². The van der Waals surface area contributed by atoms with Gasteiger partial charge in [-0.25, -0.2) is 0 Å². The molecule has 2 rings (SSSR count). The number of rotatable bonds is 4. The van der Waals surface area contributed by atoms with Gasteiger partial charge in [0.2, 0.25) is 0 Å². The van der Waals surface area contributed by atoms with Gasteiger partial charge in [-0.3, -0.25) is 9.78 Å². The molecule has 1 atom stereocenters. The first kappa shape index (κ1) is 13.3. The number of thiocarbonyl (C=S) groups is 1. The minimum atomic E-state index is -0.138. The van der Waals surface area contributed by atoms with E-state index in [-0.39, 0.29) is 10.9 Å². The van der Waals surface area contributed by atoms with Crippen LogP contribution in [-0.2, 0) is 0 Å². The van der Waals surface area contributed by atoms with Crippen LogP contribution in [0.4, 0.5) is 0 Å². The number of nitrogens with zero attached hydrogens (tertiary/aromatic N) is 1. The molecule has 2 heterocycles. The summed E-state index contributed by atoms with van der Waals surface area (Å²) in [4.78, 5) is 16.2. The molecule has 0 aliphatic carbocycles. The van der Waals surface area contributed by atoms with Crippen molar-refractivity contribution in [2.45, 2.75) is 6.42 Å². The molecular formula is C12H15N3OS2. The summed E-state index contributed by atoms with van der Waals surface area (Å²) in [6.45, 7) is 0.727. The van der Waals surface area contributed by atoms with E-state index >= 15 is 0 Å². The van der Waals surface area contributed by atoms with Gasteiger partial charge in [-0.15, -0.1) is 0 Å². The van der Waals surface area contributed by atoms with Crippen molar-refractivity contribution in [3.63, 3.8) is 0 Å². The first-order valence-electron chi connectivity index (χ1n) is 5.78. The summed E-state index contributed by atoms with van der Waals surface area (Å²) in [5.74, 6) is 2.78. The minimum Gasteiger partial charge on any atom is -0.389 e. The van der Waals surface area contributed by atoms with Crippen molar-refractivity contribution in [1.82, 2.24) is 10.3 Å². The second kappa shape index (κ2) is 6.15. The molecule has 1 aromatic rings. The maximum atomic E-state index is 11.8. The zero-order valence-electron chi connectivity index (χ0n) is 9.89. The van der Waals surface area contributed by atoms with Crippen LogP contribution in [0.1, 0.15) is 22.5 Å². The number of carbonyl (C=O) groups is 1. The zero-order valence-corrected chi connectivity index (χ0v) is 11.5. The molecule has 4 nitrogen and oxygen atoms in total. The molecule has 1 aromatic heterocycles. The molecule has 0 saturated carbocycles. The van der Waals surface area contributed by atoms with Gasteiger partial charge in [0.1, 0.15) is 10.7 Å². The lowest BCUT2D eigenvalue weighted by Crippen LogP contribution is -2.30. The largest absolute Gasteiger partial charge is 0.389 e. The Morgan fingerprint density at radius 1 is 1.61 bits per heavy atom. The molecule has 6 heteroatoms. The van der Waals surface area contributed by atoms with Gasteiger partial charge >= 0.3 is 0 Å². The Balaban J connectivity index is 1.89. The molecule has 0 spiro atoms. The molecular weight excluding hydrogens is 266 g/mol. The van der Waals surface area contributed by atoms with Crippen molar-refractivity contribution >= 4 is 34.9 Å². The molecule has 1 unspecified atom stereocenters. The monoisotopic (exact) mass is 281 g/mol. The molecule has 1 saturated heterocycles. The highest BCUT2D eigenvalue weighted by molar-refractivity contribution is 7.99. The van der Waals surface area contributed by atoms with Crippen molar-refractivity contribution in [3.8, 4) is 0 Å². The lowest BCUT2D eigenvalue weighted by molar-refractivity contribution is 0.0943. The Hall–Kier alpha value is -1.14. The van der Waals surface area contributed by atoms with Crippen LogP contribution in [0.3, 0.4) is 0 Å². The summed E-state index contributed by atoms with van der Waals surface area (Å²) in [7, 11) is 0. The van der Waals surface area contributed by atoms with E-state index in [1.165, 1.54) is 18.4 Å². The molecule has 1 amide bonds. The van der Waals surface area contributed by atoms with Gasteiger partial charge in [0, 0.05) is 18.3 Å². The zero-order chi connectivity index (χ0) is 13.0. The van der Waals surface area contributed by atoms with E-state index < -0.39 is 0 Å². The summed E-state index contributed by atoms with van der Waals surface area (Å²) < 4.78 is 0. The third-order valence-electron chi connectivity index (χ3n) is 2.86. The molecule has 1 aliphatic heterocycles. The first-order chi connectivity index (χ1) is 8.66. The van der Waals surface area contributed by atoms with E-state index in [0.717, 1.165) is 12.3 Å². The molecule has 0 aromatic carbocycles. The van der Waals surface area contributed by atoms with E-state index in [2.05, 4.69) is 10.3 Å². The van der Waals surface area contributed by atoms with Gasteiger partial charge in [0.25, 0.3) is 5.91 Å². The summed E-state index contributed by atoms with van der Waals surface area (Å²) >= 11 is 6.77. The number of pyridine rings is 1. The maximum absolute atomic E-state index is 11.8. The highest BCUT2D eigenvalue weighted by Gasteiger charge is 2.16. The number of hydrogen-bond donors (Lipinski definition) is 2. The second-order valence-electron chi connectivity index (χ2n) is 4.24. The lowest BCUT2D eigenvalue weighted by Gasteiger charge is -2.09. The van der Waals surface area contributed by atoms with Crippen molar-refractivity contribution in [2.24, 2.45) is 11.7 Å². The molecule has 96 valence electrons. The predicted molar refractivity (Wildman–Crippen MR) is 77.9 cm³/mol. The number of amides is 1. The van der Waals surface area contributed by atoms with Gasteiger partial charge in [0.15, 0.2) is 0 Å². The van der Waals surface area contributed by atoms with Crippen molar-refractivity contribution in [3.05, 3.63) is 29.6 Å². The van der Waals surface area contributed by atoms with Gasteiger partial charge < -0.3 is 11.1 Å². The minimum absolute atomic E-state index is 0.138. The molecule has 1 aliphatic rings. The van der Waals surface area contributed by atoms with E-state index in [1.54, 1.807) is 12.1 Å². The number of aromatic nitrogens is 1. The topological polar surface area (TPSA) is 68.0 Å². The van der Waals surface area contributed by atoms with E-state index in [1.807, 2.05) is 11.8 Å². The summed E-state index contributed by atoms with van der Waals surface area (Å²) in [5.41, 5.74) is 6.55. The van der Waals surface area contributed by atoms with Crippen LogP contribution in [0.25, 0.3) is 0 Å². The van der Waals surface area contributed by atoms with Crippen LogP contribution in [0, 0.1) is 5.92 Å². The van der Waals surface area contributed by atoms with E-state index in [9.17, 15) is 4.79 Å². The fraction of sp³-hybridized carbons (Fsp3) is 0.417. The van der Waals surface area contributed by atoms with Gasteiger partial charge in [-0.2, -0.15) is 11.8 Å². The maximum Gasteiger partial charge on any atom is 0.269 e. The highest BCUT2D eigenvalue weighted by Crippen LogP contribution is 2.22. The summed E-state index contributed by atoms with van der Waals surface area (Å²) in [5, 5.41) is 2.91. The van der Waals surface area contributed by atoms with Crippen LogP contribution in [-0.4, -0.2) is 33.9 Å². The lowest BCUT2D eigenvalue weighted by atomic mass is 10.1. The van der Waals surface area contributed by atoms with Crippen molar-refractivity contribution in [1.29, 1.82) is 0 Å². The second-order valence-corrected chi connectivity index (χ2v) is 5.83. The van der Waals surface area contributed by atoms with E-state index in [0.29, 0.717) is 17.2 Å².